The summed E-state index contributed by atoms with van der Waals surface area (Å²) < 4.78 is 19.9. The molecule has 1 amide bonds. The Morgan fingerprint density at radius 3 is 2.61 bits per heavy atom. The fourth-order valence-electron chi connectivity index (χ4n) is 2.64. The van der Waals surface area contributed by atoms with Crippen LogP contribution < -0.4 is 15.6 Å². The Morgan fingerprint density at radius 2 is 1.93 bits per heavy atom. The molecule has 0 radical (unpaired) electrons. The number of carbonyl (C=O) groups is 1. The van der Waals surface area contributed by atoms with Crippen LogP contribution in [-0.2, 0) is 4.79 Å². The number of anilines is 1. The van der Waals surface area contributed by atoms with Gasteiger partial charge in [0.25, 0.3) is 11.5 Å². The summed E-state index contributed by atoms with van der Waals surface area (Å²) in [4.78, 5) is 24.6. The molecule has 0 aliphatic heterocycles. The van der Waals surface area contributed by atoms with Gasteiger partial charge in [0, 0.05) is 17.8 Å². The summed E-state index contributed by atoms with van der Waals surface area (Å²) in [7, 11) is 0. The first-order chi connectivity index (χ1) is 13.5. The molecule has 1 heterocycles. The fraction of sp³-hybridized carbons (Fsp3) is 0.190. The molecule has 6 nitrogen and oxygen atoms in total. The first-order valence-corrected chi connectivity index (χ1v) is 8.87. The highest BCUT2D eigenvalue weighted by Gasteiger charge is 2.20. The number of hydrogen-bond donors (Lipinski definition) is 1. The van der Waals surface area contributed by atoms with Crippen LogP contribution >= 0.6 is 0 Å². The Kier molecular flexibility index (Phi) is 5.84. The summed E-state index contributed by atoms with van der Waals surface area (Å²) in [6.45, 7) is 3.75. The average molecular weight is 381 g/mol. The van der Waals surface area contributed by atoms with E-state index in [1.165, 1.54) is 36.4 Å². The molecule has 0 saturated carbocycles. The van der Waals surface area contributed by atoms with E-state index in [0.29, 0.717) is 17.8 Å². The van der Waals surface area contributed by atoms with Crippen molar-refractivity contribution in [1.82, 2.24) is 9.78 Å². The molecule has 144 valence electrons. The number of aromatic nitrogens is 2. The van der Waals surface area contributed by atoms with Crippen LogP contribution in [0.25, 0.3) is 5.69 Å². The highest BCUT2D eigenvalue weighted by Crippen LogP contribution is 2.14. The standard InChI is InChI=1S/C21H20FN3O3/c1-3-18(21(27)23-16-6-4-5-14(2)13-16)28-19-11-12-20(26)25(24-19)17-9-7-15(22)8-10-17/h4-13,18H,3H2,1-2H3,(H,23,27). The van der Waals surface area contributed by atoms with E-state index in [4.69, 9.17) is 4.74 Å². The lowest BCUT2D eigenvalue weighted by atomic mass is 10.2. The summed E-state index contributed by atoms with van der Waals surface area (Å²) in [5, 5.41) is 6.96. The number of amides is 1. The monoisotopic (exact) mass is 381 g/mol. The largest absolute Gasteiger partial charge is 0.463 e. The van der Waals surface area contributed by atoms with Crippen molar-refractivity contribution >= 4 is 11.6 Å². The minimum atomic E-state index is -0.785. The first-order valence-electron chi connectivity index (χ1n) is 8.87. The number of carbonyl (C=O) groups excluding carboxylic acids is 1. The summed E-state index contributed by atoms with van der Waals surface area (Å²) in [6.07, 6.45) is -0.373. The van der Waals surface area contributed by atoms with Gasteiger partial charge < -0.3 is 10.1 Å². The van der Waals surface area contributed by atoms with Crippen LogP contribution in [0.15, 0.2) is 65.5 Å². The summed E-state index contributed by atoms with van der Waals surface area (Å²) in [5.41, 5.74) is 1.71. The molecule has 1 aromatic heterocycles. The summed E-state index contributed by atoms with van der Waals surface area (Å²) >= 11 is 0. The van der Waals surface area contributed by atoms with Crippen molar-refractivity contribution in [2.45, 2.75) is 26.4 Å². The second kappa shape index (κ2) is 8.47. The third kappa shape index (κ3) is 4.62. The number of benzene rings is 2. The third-order valence-electron chi connectivity index (χ3n) is 4.06. The molecule has 3 aromatic rings. The Balaban J connectivity index is 1.79. The number of nitrogens with zero attached hydrogens (tertiary/aromatic N) is 2. The van der Waals surface area contributed by atoms with Crippen LogP contribution in [0.3, 0.4) is 0 Å². The molecule has 28 heavy (non-hydrogen) atoms. The SMILES string of the molecule is CCC(Oc1ccc(=O)n(-c2ccc(F)cc2)n1)C(=O)Nc1cccc(C)c1. The van der Waals surface area contributed by atoms with E-state index in [1.54, 1.807) is 6.07 Å². The van der Waals surface area contributed by atoms with E-state index >= 15 is 0 Å². The molecular weight excluding hydrogens is 361 g/mol. The van der Waals surface area contributed by atoms with Gasteiger partial charge in [-0.2, -0.15) is 4.68 Å². The zero-order valence-corrected chi connectivity index (χ0v) is 15.6. The molecule has 0 aliphatic rings. The summed E-state index contributed by atoms with van der Waals surface area (Å²) in [5.74, 6) is -0.604. The lowest BCUT2D eigenvalue weighted by Crippen LogP contribution is -2.33. The smallest absolute Gasteiger partial charge is 0.271 e. The number of ether oxygens (including phenoxy) is 1. The van der Waals surface area contributed by atoms with Crippen molar-refractivity contribution in [1.29, 1.82) is 0 Å². The minimum Gasteiger partial charge on any atom is -0.463 e. The highest BCUT2D eigenvalue weighted by atomic mass is 19.1. The van der Waals surface area contributed by atoms with E-state index in [0.717, 1.165) is 10.2 Å². The van der Waals surface area contributed by atoms with E-state index in [2.05, 4.69) is 10.4 Å². The van der Waals surface area contributed by atoms with Crippen molar-refractivity contribution in [2.75, 3.05) is 5.32 Å². The number of nitrogens with one attached hydrogen (secondary N) is 1. The Hall–Kier alpha value is -3.48. The Labute approximate surface area is 161 Å². The molecule has 2 aromatic carbocycles. The molecule has 0 bridgehead atoms. The first kappa shape index (κ1) is 19.3. The van der Waals surface area contributed by atoms with E-state index in [1.807, 2.05) is 32.0 Å². The van der Waals surface area contributed by atoms with Crippen molar-refractivity contribution in [3.8, 4) is 11.6 Å². The second-order valence-corrected chi connectivity index (χ2v) is 6.27. The third-order valence-corrected chi connectivity index (χ3v) is 4.06. The van der Waals surface area contributed by atoms with Gasteiger partial charge in [-0.3, -0.25) is 9.59 Å². The number of hydrogen-bond acceptors (Lipinski definition) is 4. The Bertz CT molecular complexity index is 1030. The van der Waals surface area contributed by atoms with Crippen LogP contribution in [0.4, 0.5) is 10.1 Å². The van der Waals surface area contributed by atoms with Gasteiger partial charge in [-0.1, -0.05) is 19.1 Å². The molecule has 0 aliphatic carbocycles. The van der Waals surface area contributed by atoms with Crippen molar-refractivity contribution < 1.29 is 13.9 Å². The van der Waals surface area contributed by atoms with E-state index in [-0.39, 0.29) is 11.8 Å². The maximum atomic E-state index is 13.1. The van der Waals surface area contributed by atoms with Gasteiger partial charge in [-0.05, 0) is 55.3 Å². The zero-order valence-electron chi connectivity index (χ0n) is 15.6. The molecule has 3 rings (SSSR count). The van der Waals surface area contributed by atoms with Gasteiger partial charge in [-0.15, -0.1) is 5.10 Å². The number of halogens is 1. The minimum absolute atomic E-state index is 0.121. The molecule has 7 heteroatoms. The van der Waals surface area contributed by atoms with Gasteiger partial charge in [-0.25, -0.2) is 4.39 Å². The zero-order chi connectivity index (χ0) is 20.1. The van der Waals surface area contributed by atoms with Crippen LogP contribution in [0, 0.1) is 12.7 Å². The predicted octanol–water partition coefficient (Wildman–Crippen LogP) is 3.48. The maximum absolute atomic E-state index is 13.1. The lowest BCUT2D eigenvalue weighted by Gasteiger charge is -2.17. The number of rotatable bonds is 6. The van der Waals surface area contributed by atoms with E-state index < -0.39 is 17.5 Å². The van der Waals surface area contributed by atoms with Gasteiger partial charge in [0.15, 0.2) is 6.10 Å². The molecule has 1 N–H and O–H groups in total. The van der Waals surface area contributed by atoms with Crippen LogP contribution in [-0.4, -0.2) is 21.8 Å². The molecule has 0 saturated heterocycles. The van der Waals surface area contributed by atoms with Crippen molar-refractivity contribution in [3.05, 3.63) is 82.4 Å². The van der Waals surface area contributed by atoms with Crippen LogP contribution in [0.2, 0.25) is 0 Å². The Morgan fingerprint density at radius 1 is 1.18 bits per heavy atom. The lowest BCUT2D eigenvalue weighted by molar-refractivity contribution is -0.123. The molecule has 1 unspecified atom stereocenters. The van der Waals surface area contributed by atoms with Gasteiger partial charge in [0.1, 0.15) is 5.82 Å². The van der Waals surface area contributed by atoms with Crippen molar-refractivity contribution in [2.24, 2.45) is 0 Å². The summed E-state index contributed by atoms with van der Waals surface area (Å²) in [6, 6.07) is 15.5. The normalized spacial score (nSPS) is 11.7. The second-order valence-electron chi connectivity index (χ2n) is 6.27. The maximum Gasteiger partial charge on any atom is 0.271 e. The molecular formula is C21H20FN3O3. The molecule has 0 fully saturated rings. The van der Waals surface area contributed by atoms with Crippen molar-refractivity contribution in [3.63, 3.8) is 0 Å². The predicted molar refractivity (Wildman–Crippen MR) is 104 cm³/mol. The van der Waals surface area contributed by atoms with Gasteiger partial charge in [0.2, 0.25) is 5.88 Å². The molecule has 1 atom stereocenters. The average Bonchev–Trinajstić information content (AvgIpc) is 2.68. The topological polar surface area (TPSA) is 73.2 Å². The van der Waals surface area contributed by atoms with Gasteiger partial charge >= 0.3 is 0 Å². The van der Waals surface area contributed by atoms with Crippen LogP contribution in [0.5, 0.6) is 5.88 Å². The van der Waals surface area contributed by atoms with Gasteiger partial charge in [0.05, 0.1) is 5.69 Å². The quantitative estimate of drug-likeness (QED) is 0.710. The van der Waals surface area contributed by atoms with Crippen LogP contribution in [0.1, 0.15) is 18.9 Å². The van der Waals surface area contributed by atoms with E-state index in [9.17, 15) is 14.0 Å². The highest BCUT2D eigenvalue weighted by molar-refractivity contribution is 5.94. The fourth-order valence-corrected chi connectivity index (χ4v) is 2.64. The number of aryl methyl sites for hydroxylation is 1. The molecule has 0 spiro atoms.